The van der Waals surface area contributed by atoms with E-state index in [1.807, 2.05) is 60.8 Å². The number of ether oxygens (including phenoxy) is 1. The second-order valence-corrected chi connectivity index (χ2v) is 5.54. The standard InChI is InChI=1S/C20H16N4O/c1-25-16-7-5-14(6-8-16)19-11-20(23-13-22-19)24-18-4-2-3-15-12-21-10-9-17(15)18/h2-13H,1H3,(H,22,23,24). The van der Waals surface area contributed by atoms with Gasteiger partial charge in [0.1, 0.15) is 17.9 Å². The molecule has 4 rings (SSSR count). The zero-order valence-corrected chi connectivity index (χ0v) is 13.7. The molecular formula is C20H16N4O. The summed E-state index contributed by atoms with van der Waals surface area (Å²) < 4.78 is 5.20. The predicted molar refractivity (Wildman–Crippen MR) is 99.0 cm³/mol. The minimum atomic E-state index is 0.741. The van der Waals surface area contributed by atoms with Crippen LogP contribution in [0.1, 0.15) is 0 Å². The summed E-state index contributed by atoms with van der Waals surface area (Å²) >= 11 is 0. The molecule has 0 aliphatic carbocycles. The molecule has 0 aliphatic rings. The molecule has 0 radical (unpaired) electrons. The zero-order chi connectivity index (χ0) is 17.1. The second-order valence-electron chi connectivity index (χ2n) is 5.54. The summed E-state index contributed by atoms with van der Waals surface area (Å²) in [5.74, 6) is 1.56. The topological polar surface area (TPSA) is 59.9 Å². The van der Waals surface area contributed by atoms with Crippen molar-refractivity contribution in [3.8, 4) is 17.0 Å². The van der Waals surface area contributed by atoms with Gasteiger partial charge < -0.3 is 10.1 Å². The number of aromatic nitrogens is 3. The highest BCUT2D eigenvalue weighted by atomic mass is 16.5. The van der Waals surface area contributed by atoms with Crippen molar-refractivity contribution in [2.45, 2.75) is 0 Å². The van der Waals surface area contributed by atoms with E-state index >= 15 is 0 Å². The highest BCUT2D eigenvalue weighted by molar-refractivity contribution is 5.94. The molecule has 1 N–H and O–H groups in total. The molecule has 0 unspecified atom stereocenters. The number of pyridine rings is 1. The molecule has 4 aromatic rings. The second kappa shape index (κ2) is 6.57. The lowest BCUT2D eigenvalue weighted by Gasteiger charge is -2.10. The molecule has 2 aromatic heterocycles. The average Bonchev–Trinajstić information content (AvgIpc) is 2.69. The Bertz CT molecular complexity index is 1010. The maximum absolute atomic E-state index is 5.20. The summed E-state index contributed by atoms with van der Waals surface area (Å²) in [7, 11) is 1.65. The fraction of sp³-hybridized carbons (Fsp3) is 0.0500. The first kappa shape index (κ1) is 15.1. The minimum Gasteiger partial charge on any atom is -0.497 e. The monoisotopic (exact) mass is 328 g/mol. The summed E-state index contributed by atoms with van der Waals surface area (Å²) in [6.07, 6.45) is 5.20. The van der Waals surface area contributed by atoms with Crippen LogP contribution in [0, 0.1) is 0 Å². The van der Waals surface area contributed by atoms with Gasteiger partial charge in [0.25, 0.3) is 0 Å². The first-order valence-electron chi connectivity index (χ1n) is 7.90. The highest BCUT2D eigenvalue weighted by Crippen LogP contribution is 2.27. The van der Waals surface area contributed by atoms with Gasteiger partial charge in [-0.2, -0.15) is 0 Å². The smallest absolute Gasteiger partial charge is 0.134 e. The van der Waals surface area contributed by atoms with Gasteiger partial charge in [0.05, 0.1) is 12.8 Å². The van der Waals surface area contributed by atoms with E-state index in [0.29, 0.717) is 0 Å². The molecule has 0 saturated heterocycles. The van der Waals surface area contributed by atoms with E-state index in [4.69, 9.17) is 4.74 Å². The van der Waals surface area contributed by atoms with Gasteiger partial charge >= 0.3 is 0 Å². The lowest BCUT2D eigenvalue weighted by atomic mass is 10.1. The predicted octanol–water partition coefficient (Wildman–Crippen LogP) is 4.44. The van der Waals surface area contributed by atoms with E-state index in [1.54, 1.807) is 19.6 Å². The van der Waals surface area contributed by atoms with Crippen LogP contribution in [0.4, 0.5) is 11.5 Å². The first-order chi connectivity index (χ1) is 12.3. The third-order valence-electron chi connectivity index (χ3n) is 4.00. The molecular weight excluding hydrogens is 312 g/mol. The minimum absolute atomic E-state index is 0.741. The van der Waals surface area contributed by atoms with Crippen LogP contribution in [0.3, 0.4) is 0 Å². The van der Waals surface area contributed by atoms with Crippen LogP contribution in [-0.4, -0.2) is 22.1 Å². The maximum atomic E-state index is 5.20. The van der Waals surface area contributed by atoms with Gasteiger partial charge in [-0.15, -0.1) is 0 Å². The van der Waals surface area contributed by atoms with Crippen LogP contribution < -0.4 is 10.1 Å². The van der Waals surface area contributed by atoms with Crippen LogP contribution >= 0.6 is 0 Å². The number of anilines is 2. The first-order valence-corrected chi connectivity index (χ1v) is 7.90. The van der Waals surface area contributed by atoms with Crippen molar-refractivity contribution in [2.24, 2.45) is 0 Å². The molecule has 0 fully saturated rings. The normalized spacial score (nSPS) is 10.6. The average molecular weight is 328 g/mol. The molecule has 2 heterocycles. The largest absolute Gasteiger partial charge is 0.497 e. The molecule has 0 aliphatic heterocycles. The van der Waals surface area contributed by atoms with Crippen molar-refractivity contribution in [2.75, 3.05) is 12.4 Å². The van der Waals surface area contributed by atoms with Gasteiger partial charge in [-0.25, -0.2) is 9.97 Å². The lowest BCUT2D eigenvalue weighted by molar-refractivity contribution is 0.415. The lowest BCUT2D eigenvalue weighted by Crippen LogP contribution is -1.96. The fourth-order valence-corrected chi connectivity index (χ4v) is 2.71. The number of hydrogen-bond donors (Lipinski definition) is 1. The molecule has 5 heteroatoms. The fourth-order valence-electron chi connectivity index (χ4n) is 2.71. The molecule has 2 aromatic carbocycles. The number of benzene rings is 2. The summed E-state index contributed by atoms with van der Waals surface area (Å²) in [5.41, 5.74) is 2.84. The van der Waals surface area contributed by atoms with Gasteiger partial charge in [0.2, 0.25) is 0 Å². The number of rotatable bonds is 4. The van der Waals surface area contributed by atoms with Crippen molar-refractivity contribution >= 4 is 22.3 Å². The van der Waals surface area contributed by atoms with Gasteiger partial charge in [-0.1, -0.05) is 12.1 Å². The van der Waals surface area contributed by atoms with Gasteiger partial charge in [0.15, 0.2) is 0 Å². The van der Waals surface area contributed by atoms with E-state index in [-0.39, 0.29) is 0 Å². The van der Waals surface area contributed by atoms with E-state index < -0.39 is 0 Å². The molecule has 5 nitrogen and oxygen atoms in total. The Kier molecular flexibility index (Phi) is 3.96. The van der Waals surface area contributed by atoms with Crippen molar-refractivity contribution in [1.82, 2.24) is 15.0 Å². The Morgan fingerprint density at radius 2 is 1.84 bits per heavy atom. The van der Waals surface area contributed by atoms with Crippen LogP contribution in [0.5, 0.6) is 5.75 Å². The quantitative estimate of drug-likeness (QED) is 0.600. The molecule has 0 bridgehead atoms. The molecule has 0 saturated carbocycles. The van der Waals surface area contributed by atoms with E-state index in [0.717, 1.165) is 39.3 Å². The van der Waals surface area contributed by atoms with Gasteiger partial charge in [-0.3, -0.25) is 4.98 Å². The Hall–Kier alpha value is -3.47. The summed E-state index contributed by atoms with van der Waals surface area (Å²) in [6, 6.07) is 17.8. The summed E-state index contributed by atoms with van der Waals surface area (Å²) in [5, 5.41) is 5.56. The Morgan fingerprint density at radius 3 is 2.68 bits per heavy atom. The molecule has 0 spiro atoms. The van der Waals surface area contributed by atoms with Crippen LogP contribution in [-0.2, 0) is 0 Å². The van der Waals surface area contributed by atoms with Crippen molar-refractivity contribution in [3.05, 3.63) is 73.3 Å². The molecule has 0 atom stereocenters. The van der Waals surface area contributed by atoms with Crippen molar-refractivity contribution in [3.63, 3.8) is 0 Å². The number of hydrogen-bond acceptors (Lipinski definition) is 5. The summed E-state index contributed by atoms with van der Waals surface area (Å²) in [6.45, 7) is 0. The number of nitrogens with one attached hydrogen (secondary N) is 1. The third kappa shape index (κ3) is 3.12. The van der Waals surface area contributed by atoms with E-state index in [2.05, 4.69) is 20.3 Å². The van der Waals surface area contributed by atoms with E-state index in [1.165, 1.54) is 0 Å². The van der Waals surface area contributed by atoms with Gasteiger partial charge in [0, 0.05) is 40.5 Å². The Morgan fingerprint density at radius 1 is 0.960 bits per heavy atom. The van der Waals surface area contributed by atoms with E-state index in [9.17, 15) is 0 Å². The molecule has 25 heavy (non-hydrogen) atoms. The number of fused-ring (bicyclic) bond motifs is 1. The maximum Gasteiger partial charge on any atom is 0.134 e. The van der Waals surface area contributed by atoms with Gasteiger partial charge in [-0.05, 0) is 36.4 Å². The van der Waals surface area contributed by atoms with Crippen molar-refractivity contribution < 1.29 is 4.74 Å². The Balaban J connectivity index is 1.67. The molecule has 122 valence electrons. The number of nitrogens with zero attached hydrogens (tertiary/aromatic N) is 3. The third-order valence-corrected chi connectivity index (χ3v) is 4.00. The highest BCUT2D eigenvalue weighted by Gasteiger charge is 2.05. The Labute approximate surface area is 145 Å². The van der Waals surface area contributed by atoms with Crippen LogP contribution in [0.2, 0.25) is 0 Å². The number of methoxy groups -OCH3 is 1. The summed E-state index contributed by atoms with van der Waals surface area (Å²) in [4.78, 5) is 12.9. The zero-order valence-electron chi connectivity index (χ0n) is 13.7. The van der Waals surface area contributed by atoms with Crippen LogP contribution in [0.15, 0.2) is 73.3 Å². The van der Waals surface area contributed by atoms with Crippen molar-refractivity contribution in [1.29, 1.82) is 0 Å². The SMILES string of the molecule is COc1ccc(-c2cc(Nc3cccc4cnccc34)ncn2)cc1. The van der Waals surface area contributed by atoms with Crippen LogP contribution in [0.25, 0.3) is 22.0 Å². The molecule has 0 amide bonds.